The van der Waals surface area contributed by atoms with Gasteiger partial charge in [-0.05, 0) is 44.4 Å². The fourth-order valence-corrected chi connectivity index (χ4v) is 3.70. The second kappa shape index (κ2) is 10.3. The van der Waals surface area contributed by atoms with Gasteiger partial charge in [0, 0.05) is 5.69 Å². The van der Waals surface area contributed by atoms with Crippen LogP contribution in [0, 0.1) is 0 Å². The molecule has 0 bridgehead atoms. The van der Waals surface area contributed by atoms with E-state index >= 15 is 0 Å². The molecule has 0 unspecified atom stereocenters. The van der Waals surface area contributed by atoms with Gasteiger partial charge < -0.3 is 11.5 Å². The molecule has 0 saturated heterocycles. The van der Waals surface area contributed by atoms with Crippen LogP contribution >= 0.6 is 0 Å². The van der Waals surface area contributed by atoms with E-state index in [1.165, 1.54) is 63.4 Å². The van der Waals surface area contributed by atoms with Gasteiger partial charge in [-0.1, -0.05) is 70.4 Å². The topological polar surface area (TPSA) is 80.0 Å². The summed E-state index contributed by atoms with van der Waals surface area (Å²) >= 11 is 0. The number of rotatable bonds is 11. The fourth-order valence-electron chi connectivity index (χ4n) is 3.70. The monoisotopic (exact) mass is 371 g/mol. The van der Waals surface area contributed by atoms with Crippen LogP contribution in [-0.2, 0) is 6.42 Å². The van der Waals surface area contributed by atoms with E-state index in [0.29, 0.717) is 5.96 Å². The first-order chi connectivity index (χ1) is 12.9. The first-order valence-corrected chi connectivity index (χ1v) is 10.5. The molecule has 0 aromatic heterocycles. The maximum Gasteiger partial charge on any atom is 0.220 e. The largest absolute Gasteiger partial charge is 0.369 e. The molecule has 0 fully saturated rings. The number of nitrogens with zero attached hydrogens (tertiary/aromatic N) is 3. The van der Waals surface area contributed by atoms with E-state index in [1.807, 2.05) is 18.7 Å². The van der Waals surface area contributed by atoms with Crippen LogP contribution in [0.3, 0.4) is 0 Å². The SMILES string of the molecule is CCCCCCCCCCCc1ccc(N2C(N)=NC(N)=NC2(C)C)cc1. The van der Waals surface area contributed by atoms with Crippen LogP contribution in [-0.4, -0.2) is 17.6 Å². The summed E-state index contributed by atoms with van der Waals surface area (Å²) in [6.45, 7) is 6.24. The molecule has 0 aliphatic carbocycles. The number of unbranched alkanes of at least 4 members (excludes halogenated alkanes) is 8. The van der Waals surface area contributed by atoms with E-state index in [1.54, 1.807) is 0 Å². The van der Waals surface area contributed by atoms with E-state index in [0.717, 1.165) is 12.1 Å². The molecule has 5 heteroatoms. The Morgan fingerprint density at radius 2 is 1.41 bits per heavy atom. The van der Waals surface area contributed by atoms with Crippen molar-refractivity contribution in [3.05, 3.63) is 29.8 Å². The van der Waals surface area contributed by atoms with Crippen LogP contribution in [0.2, 0.25) is 0 Å². The lowest BCUT2D eigenvalue weighted by molar-refractivity contribution is 0.534. The summed E-state index contributed by atoms with van der Waals surface area (Å²) in [6, 6.07) is 8.57. The zero-order chi connectivity index (χ0) is 19.7. The van der Waals surface area contributed by atoms with Crippen LogP contribution in [0.15, 0.2) is 34.3 Å². The number of aliphatic imine (C=N–C) groups is 2. The quantitative estimate of drug-likeness (QED) is 0.540. The third-order valence-electron chi connectivity index (χ3n) is 5.16. The molecule has 1 aromatic carbocycles. The minimum atomic E-state index is -0.533. The van der Waals surface area contributed by atoms with Gasteiger partial charge >= 0.3 is 0 Å². The Kier molecular flexibility index (Phi) is 8.14. The number of hydrogen-bond donors (Lipinski definition) is 2. The predicted octanol–water partition coefficient (Wildman–Crippen LogP) is 4.95. The van der Waals surface area contributed by atoms with Crippen LogP contribution in [0.1, 0.15) is 84.1 Å². The first-order valence-electron chi connectivity index (χ1n) is 10.5. The van der Waals surface area contributed by atoms with Gasteiger partial charge in [-0.15, -0.1) is 0 Å². The first kappa shape index (κ1) is 21.3. The highest BCUT2D eigenvalue weighted by atomic mass is 15.4. The van der Waals surface area contributed by atoms with Crippen molar-refractivity contribution in [1.82, 2.24) is 0 Å². The van der Waals surface area contributed by atoms with Crippen molar-refractivity contribution in [2.75, 3.05) is 4.90 Å². The molecule has 5 nitrogen and oxygen atoms in total. The van der Waals surface area contributed by atoms with Gasteiger partial charge in [0.25, 0.3) is 0 Å². The second-order valence-electron chi connectivity index (χ2n) is 8.01. The Morgan fingerprint density at radius 3 is 1.96 bits per heavy atom. The number of hydrogen-bond acceptors (Lipinski definition) is 5. The molecular formula is C22H37N5. The number of nitrogens with two attached hydrogens (primary N) is 2. The molecule has 150 valence electrons. The standard InChI is InChI=1S/C22H37N5/c1-4-5-6-7-8-9-10-11-12-13-18-14-16-19(17-15-18)27-21(24)25-20(23)26-22(27,2)3/h14-17H,4-13H2,1-3H3,(H4,23,24,25,26). The van der Waals surface area contributed by atoms with Crippen LogP contribution in [0.25, 0.3) is 0 Å². The van der Waals surface area contributed by atoms with Gasteiger partial charge in [0.1, 0.15) is 5.66 Å². The Bertz CT molecular complexity index is 631. The highest BCUT2D eigenvalue weighted by Crippen LogP contribution is 2.27. The number of aryl methyl sites for hydroxylation is 1. The van der Waals surface area contributed by atoms with Crippen LogP contribution < -0.4 is 16.4 Å². The maximum atomic E-state index is 6.10. The molecule has 1 aliphatic heterocycles. The number of benzene rings is 1. The fraction of sp³-hybridized carbons (Fsp3) is 0.636. The zero-order valence-electron chi connectivity index (χ0n) is 17.4. The van der Waals surface area contributed by atoms with Crippen LogP contribution in [0.5, 0.6) is 0 Å². The van der Waals surface area contributed by atoms with Gasteiger partial charge in [-0.2, -0.15) is 4.99 Å². The van der Waals surface area contributed by atoms with E-state index in [-0.39, 0.29) is 5.96 Å². The summed E-state index contributed by atoms with van der Waals surface area (Å²) in [7, 11) is 0. The van der Waals surface area contributed by atoms with Crippen molar-refractivity contribution in [3.63, 3.8) is 0 Å². The summed E-state index contributed by atoms with van der Waals surface area (Å²) in [5.41, 5.74) is 13.7. The molecule has 2 rings (SSSR count). The zero-order valence-corrected chi connectivity index (χ0v) is 17.4. The van der Waals surface area contributed by atoms with E-state index in [9.17, 15) is 0 Å². The van der Waals surface area contributed by atoms with Crippen molar-refractivity contribution in [3.8, 4) is 0 Å². The third kappa shape index (κ3) is 6.56. The molecule has 0 saturated carbocycles. The third-order valence-corrected chi connectivity index (χ3v) is 5.16. The van der Waals surface area contributed by atoms with Gasteiger partial charge in [0.15, 0.2) is 0 Å². The molecule has 1 aliphatic rings. The molecule has 0 radical (unpaired) electrons. The maximum absolute atomic E-state index is 6.10. The molecule has 0 atom stereocenters. The van der Waals surface area contributed by atoms with Crippen molar-refractivity contribution >= 4 is 17.6 Å². The minimum absolute atomic E-state index is 0.232. The predicted molar refractivity (Wildman–Crippen MR) is 117 cm³/mol. The summed E-state index contributed by atoms with van der Waals surface area (Å²) in [5, 5.41) is 0. The highest BCUT2D eigenvalue weighted by Gasteiger charge is 2.32. The number of anilines is 1. The number of guanidine groups is 2. The average molecular weight is 372 g/mol. The van der Waals surface area contributed by atoms with Gasteiger partial charge in [-0.25, -0.2) is 4.99 Å². The smallest absolute Gasteiger partial charge is 0.220 e. The van der Waals surface area contributed by atoms with Gasteiger partial charge in [-0.3, -0.25) is 4.90 Å². The normalized spacial score (nSPS) is 16.2. The Labute approximate surface area is 164 Å². The second-order valence-corrected chi connectivity index (χ2v) is 8.01. The summed E-state index contributed by atoms with van der Waals surface area (Å²) in [6.07, 6.45) is 13.4. The Morgan fingerprint density at radius 1 is 0.852 bits per heavy atom. The van der Waals surface area contributed by atoms with Crippen molar-refractivity contribution in [2.24, 2.45) is 21.5 Å². The molecule has 0 spiro atoms. The lowest BCUT2D eigenvalue weighted by Gasteiger charge is -2.38. The van der Waals surface area contributed by atoms with E-state index in [2.05, 4.69) is 41.2 Å². The molecule has 27 heavy (non-hydrogen) atoms. The summed E-state index contributed by atoms with van der Waals surface area (Å²) in [4.78, 5) is 10.4. The lowest BCUT2D eigenvalue weighted by atomic mass is 10.0. The van der Waals surface area contributed by atoms with Crippen molar-refractivity contribution in [1.29, 1.82) is 0 Å². The van der Waals surface area contributed by atoms with Crippen LogP contribution in [0.4, 0.5) is 5.69 Å². The van der Waals surface area contributed by atoms with Gasteiger partial charge in [0.05, 0.1) is 0 Å². The molecular weight excluding hydrogens is 334 g/mol. The molecule has 1 heterocycles. The molecule has 1 aromatic rings. The van der Waals surface area contributed by atoms with E-state index in [4.69, 9.17) is 11.5 Å². The van der Waals surface area contributed by atoms with Gasteiger partial charge in [0.2, 0.25) is 11.9 Å². The summed E-state index contributed by atoms with van der Waals surface area (Å²) < 4.78 is 0. The van der Waals surface area contributed by atoms with Crippen molar-refractivity contribution < 1.29 is 0 Å². The van der Waals surface area contributed by atoms with E-state index < -0.39 is 5.66 Å². The summed E-state index contributed by atoms with van der Waals surface area (Å²) in [5.74, 6) is 0.620. The van der Waals surface area contributed by atoms with Crippen molar-refractivity contribution in [2.45, 2.75) is 90.6 Å². The molecule has 0 amide bonds. The lowest BCUT2D eigenvalue weighted by Crippen LogP contribution is -2.54. The highest BCUT2D eigenvalue weighted by molar-refractivity contribution is 6.05. The molecule has 4 N–H and O–H groups in total. The average Bonchev–Trinajstić information content (AvgIpc) is 2.60. The minimum Gasteiger partial charge on any atom is -0.369 e. The Balaban J connectivity index is 1.75. The Hall–Kier alpha value is -2.04.